The van der Waals surface area contributed by atoms with Crippen LogP contribution in [0.25, 0.3) is 0 Å². The van der Waals surface area contributed by atoms with Gasteiger partial charge in [0, 0.05) is 19.5 Å². The molecular weight excluding hydrogens is 456 g/mol. The number of hydrogen-bond acceptors (Lipinski definition) is 3. The number of esters is 1. The van der Waals surface area contributed by atoms with Crippen molar-refractivity contribution in [3.05, 3.63) is 0 Å². The Hall–Kier alpha value is -0.320. The zero-order chi connectivity index (χ0) is 25.5. The molecule has 0 aromatic carbocycles. The molecule has 0 aliphatic rings. The molecule has 0 rings (SSSR count). The van der Waals surface area contributed by atoms with E-state index in [0.29, 0.717) is 18.9 Å². The minimum absolute atomic E-state index is 0. The van der Waals surface area contributed by atoms with Crippen molar-refractivity contribution in [1.82, 2.24) is 4.90 Å². The molecule has 0 aliphatic carbocycles. The van der Waals surface area contributed by atoms with Crippen molar-refractivity contribution < 1.29 is 26.4 Å². The third kappa shape index (κ3) is 19.5. The fraction of sp³-hybridized carbons (Fsp3) is 0.967. The Bertz CT molecular complexity index is 440. The molecule has 0 saturated heterocycles. The Morgan fingerprint density at radius 1 is 0.686 bits per heavy atom. The van der Waals surface area contributed by atoms with Gasteiger partial charge < -0.3 is 26.5 Å². The minimum Gasteiger partial charge on any atom is -1.00 e. The van der Waals surface area contributed by atoms with E-state index in [1.165, 1.54) is 108 Å². The summed E-state index contributed by atoms with van der Waals surface area (Å²) in [5.41, 5.74) is 0. The third-order valence-corrected chi connectivity index (χ3v) is 7.55. The van der Waals surface area contributed by atoms with Crippen LogP contribution in [0.3, 0.4) is 0 Å². The highest BCUT2D eigenvalue weighted by Crippen LogP contribution is 2.17. The van der Waals surface area contributed by atoms with Gasteiger partial charge in [-0.25, -0.2) is 0 Å². The van der Waals surface area contributed by atoms with Crippen molar-refractivity contribution in [2.45, 2.75) is 131 Å². The average molecular weight is 519 g/mol. The summed E-state index contributed by atoms with van der Waals surface area (Å²) in [6.45, 7) is 22.7. The van der Waals surface area contributed by atoms with Gasteiger partial charge in [0.05, 0.1) is 39.2 Å². The molecule has 0 spiro atoms. The summed E-state index contributed by atoms with van der Waals surface area (Å²) in [5.74, 6) is 0.524. The van der Waals surface area contributed by atoms with Gasteiger partial charge >= 0.3 is 5.97 Å². The highest BCUT2D eigenvalue weighted by Gasteiger charge is 2.25. The molecule has 0 aliphatic heterocycles. The van der Waals surface area contributed by atoms with Gasteiger partial charge in [0.25, 0.3) is 0 Å². The van der Waals surface area contributed by atoms with Crippen molar-refractivity contribution in [1.29, 1.82) is 0 Å². The number of unbranched alkanes of at least 4 members (excludes halogenated alkanes) is 5. The van der Waals surface area contributed by atoms with Crippen molar-refractivity contribution in [3.63, 3.8) is 0 Å². The van der Waals surface area contributed by atoms with Gasteiger partial charge in [0.2, 0.25) is 0 Å². The summed E-state index contributed by atoms with van der Waals surface area (Å²) in [5, 5.41) is 0. The quantitative estimate of drug-likeness (QED) is 0.128. The average Bonchev–Trinajstić information content (AvgIpc) is 2.85. The number of hydrogen-bond donors (Lipinski definition) is 0. The summed E-state index contributed by atoms with van der Waals surface area (Å²) in [6, 6.07) is 0. The fourth-order valence-electron chi connectivity index (χ4n) is 4.93. The lowest BCUT2D eigenvalue weighted by Gasteiger charge is -2.40. The van der Waals surface area contributed by atoms with E-state index in [1.54, 1.807) is 0 Å². The number of halogens is 1. The molecule has 5 heteroatoms. The van der Waals surface area contributed by atoms with E-state index in [1.807, 2.05) is 0 Å². The van der Waals surface area contributed by atoms with Gasteiger partial charge in [-0.05, 0) is 44.6 Å². The van der Waals surface area contributed by atoms with E-state index in [2.05, 4.69) is 46.4 Å². The predicted molar refractivity (Wildman–Crippen MR) is 149 cm³/mol. The normalized spacial score (nSPS) is 12.5. The highest BCUT2D eigenvalue weighted by atomic mass is 35.5. The summed E-state index contributed by atoms with van der Waals surface area (Å²) in [6.07, 6.45) is 16.8. The zero-order valence-corrected chi connectivity index (χ0v) is 25.5. The maximum absolute atomic E-state index is 12.5. The van der Waals surface area contributed by atoms with Gasteiger partial charge in [0.1, 0.15) is 0 Å². The van der Waals surface area contributed by atoms with E-state index < -0.39 is 0 Å². The Labute approximate surface area is 226 Å². The Morgan fingerprint density at radius 2 is 1.17 bits per heavy atom. The molecule has 0 fully saturated rings. The number of rotatable bonds is 25. The van der Waals surface area contributed by atoms with E-state index in [4.69, 9.17) is 4.74 Å². The first kappa shape index (κ1) is 36.8. The van der Waals surface area contributed by atoms with E-state index in [-0.39, 0.29) is 18.4 Å². The summed E-state index contributed by atoms with van der Waals surface area (Å²) >= 11 is 0. The van der Waals surface area contributed by atoms with Crippen molar-refractivity contribution >= 4 is 5.97 Å². The van der Waals surface area contributed by atoms with Gasteiger partial charge in [-0.3, -0.25) is 4.79 Å². The van der Waals surface area contributed by atoms with Crippen LogP contribution in [-0.4, -0.2) is 67.8 Å². The van der Waals surface area contributed by atoms with Gasteiger partial charge in [-0.2, -0.15) is 0 Å². The van der Waals surface area contributed by atoms with Gasteiger partial charge in [-0.15, -0.1) is 0 Å². The SMILES string of the molecule is CCCCC(CC)COC(=O)CCN(CCCC)CCC[N+](CCCC)(CCCC)CCCC.[Cl-]. The first-order valence-electron chi connectivity index (χ1n) is 15.2. The maximum Gasteiger partial charge on any atom is 0.307 e. The predicted octanol–water partition coefficient (Wildman–Crippen LogP) is 4.85. The van der Waals surface area contributed by atoms with Crippen LogP contribution in [0.2, 0.25) is 0 Å². The number of ether oxygens (including phenoxy) is 1. The molecule has 0 radical (unpaired) electrons. The Balaban J connectivity index is 0. The first-order chi connectivity index (χ1) is 16.5. The van der Waals surface area contributed by atoms with Crippen LogP contribution in [0, 0.1) is 5.92 Å². The van der Waals surface area contributed by atoms with Gasteiger partial charge in [-0.1, -0.05) is 86.5 Å². The molecular formula is C30H63ClN2O2. The second-order valence-electron chi connectivity index (χ2n) is 10.7. The fourth-order valence-corrected chi connectivity index (χ4v) is 4.93. The van der Waals surface area contributed by atoms with Gasteiger partial charge in [0.15, 0.2) is 0 Å². The number of quaternary nitrogens is 1. The molecule has 1 unspecified atom stereocenters. The lowest BCUT2D eigenvalue weighted by Crippen LogP contribution is -3.00. The van der Waals surface area contributed by atoms with Crippen molar-refractivity contribution in [3.8, 4) is 0 Å². The Morgan fingerprint density at radius 3 is 1.66 bits per heavy atom. The molecule has 0 heterocycles. The smallest absolute Gasteiger partial charge is 0.307 e. The lowest BCUT2D eigenvalue weighted by molar-refractivity contribution is -0.929. The van der Waals surface area contributed by atoms with Crippen LogP contribution in [0.15, 0.2) is 0 Å². The van der Waals surface area contributed by atoms with E-state index in [9.17, 15) is 4.79 Å². The molecule has 1 atom stereocenters. The summed E-state index contributed by atoms with van der Waals surface area (Å²) < 4.78 is 6.98. The monoisotopic (exact) mass is 518 g/mol. The summed E-state index contributed by atoms with van der Waals surface area (Å²) in [7, 11) is 0. The summed E-state index contributed by atoms with van der Waals surface area (Å²) in [4.78, 5) is 15.0. The van der Waals surface area contributed by atoms with Crippen LogP contribution >= 0.6 is 0 Å². The highest BCUT2D eigenvalue weighted by molar-refractivity contribution is 5.69. The number of carbonyl (C=O) groups excluding carboxylic acids is 1. The van der Waals surface area contributed by atoms with Crippen molar-refractivity contribution in [2.24, 2.45) is 5.92 Å². The molecule has 0 N–H and O–H groups in total. The maximum atomic E-state index is 12.5. The van der Waals surface area contributed by atoms with Crippen LogP contribution in [-0.2, 0) is 9.53 Å². The zero-order valence-electron chi connectivity index (χ0n) is 24.7. The largest absolute Gasteiger partial charge is 1.00 e. The molecule has 0 bridgehead atoms. The van der Waals surface area contributed by atoms with Crippen LogP contribution in [0.5, 0.6) is 0 Å². The molecule has 212 valence electrons. The number of carbonyl (C=O) groups is 1. The molecule has 4 nitrogen and oxygen atoms in total. The first-order valence-corrected chi connectivity index (χ1v) is 15.2. The molecule has 0 aromatic rings. The second kappa shape index (κ2) is 25.3. The molecule has 0 aromatic heterocycles. The molecule has 0 saturated carbocycles. The standard InChI is InChI=1S/C30H63N2O2.ClH/c1-7-13-19-29(12-6)28-34-30(33)20-23-31(21-14-8-2)22-18-27-32(24-15-9-3,25-16-10-4)26-17-11-5;/h29H,7-28H2,1-6H3;1H/q+1;/p-1. The number of nitrogens with zero attached hydrogens (tertiary/aromatic N) is 2. The van der Waals surface area contributed by atoms with Crippen molar-refractivity contribution in [2.75, 3.05) is 52.4 Å². The topological polar surface area (TPSA) is 29.5 Å². The second-order valence-corrected chi connectivity index (χ2v) is 10.7. The van der Waals surface area contributed by atoms with E-state index in [0.717, 1.165) is 26.1 Å². The third-order valence-electron chi connectivity index (χ3n) is 7.55. The van der Waals surface area contributed by atoms with Crippen LogP contribution in [0.1, 0.15) is 131 Å². The lowest BCUT2D eigenvalue weighted by atomic mass is 10.0. The van der Waals surface area contributed by atoms with Crippen LogP contribution in [0.4, 0.5) is 0 Å². The molecule has 0 amide bonds. The minimum atomic E-state index is -0.00425. The molecule has 35 heavy (non-hydrogen) atoms. The van der Waals surface area contributed by atoms with Crippen LogP contribution < -0.4 is 12.4 Å². The Kier molecular flexibility index (Phi) is 26.7. The van der Waals surface area contributed by atoms with E-state index >= 15 is 0 Å².